The standard InChI is InChI=1S/C16H26N2O2/c1-5-18-8-6-13(7-9-18)17-14-11-16(20-4)15(19-3)10-12(14)2/h10-11,13,17H,5-9H2,1-4H3. The predicted molar refractivity (Wildman–Crippen MR) is 83.0 cm³/mol. The summed E-state index contributed by atoms with van der Waals surface area (Å²) in [6.45, 7) is 7.85. The van der Waals surface area contributed by atoms with Crippen LogP contribution in [0.25, 0.3) is 0 Å². The van der Waals surface area contributed by atoms with E-state index in [-0.39, 0.29) is 0 Å². The van der Waals surface area contributed by atoms with Crippen molar-refractivity contribution in [3.05, 3.63) is 17.7 Å². The summed E-state index contributed by atoms with van der Waals surface area (Å²) < 4.78 is 10.7. The Balaban J connectivity index is 2.06. The van der Waals surface area contributed by atoms with Gasteiger partial charge in [-0.15, -0.1) is 0 Å². The Labute approximate surface area is 122 Å². The van der Waals surface area contributed by atoms with E-state index in [9.17, 15) is 0 Å². The fourth-order valence-corrected chi connectivity index (χ4v) is 2.75. The van der Waals surface area contributed by atoms with E-state index in [0.717, 1.165) is 23.7 Å². The molecule has 0 amide bonds. The van der Waals surface area contributed by atoms with Crippen LogP contribution in [0, 0.1) is 6.92 Å². The molecule has 4 heteroatoms. The number of rotatable bonds is 5. The SMILES string of the molecule is CCN1CCC(Nc2cc(OC)c(OC)cc2C)CC1. The number of nitrogens with one attached hydrogen (secondary N) is 1. The Morgan fingerprint density at radius 3 is 2.30 bits per heavy atom. The molecular formula is C16H26N2O2. The average molecular weight is 278 g/mol. The summed E-state index contributed by atoms with van der Waals surface area (Å²) in [7, 11) is 3.35. The van der Waals surface area contributed by atoms with Gasteiger partial charge in [-0.1, -0.05) is 6.92 Å². The van der Waals surface area contributed by atoms with Gasteiger partial charge >= 0.3 is 0 Å². The number of aryl methyl sites for hydroxylation is 1. The molecule has 0 aromatic heterocycles. The Kier molecular flexibility index (Phi) is 5.12. The van der Waals surface area contributed by atoms with Crippen LogP contribution in [0.2, 0.25) is 0 Å². The Morgan fingerprint density at radius 2 is 1.75 bits per heavy atom. The minimum absolute atomic E-state index is 0.551. The largest absolute Gasteiger partial charge is 0.493 e. The molecule has 1 aromatic carbocycles. The van der Waals surface area contributed by atoms with Crippen molar-refractivity contribution >= 4 is 5.69 Å². The Morgan fingerprint density at radius 1 is 1.15 bits per heavy atom. The van der Waals surface area contributed by atoms with Crippen LogP contribution in [-0.2, 0) is 0 Å². The third-order valence-electron chi connectivity index (χ3n) is 4.12. The highest BCUT2D eigenvalue weighted by Gasteiger charge is 2.19. The van der Waals surface area contributed by atoms with Crippen molar-refractivity contribution in [3.8, 4) is 11.5 Å². The predicted octanol–water partition coefficient (Wildman–Crippen LogP) is 2.91. The molecule has 0 radical (unpaired) electrons. The van der Waals surface area contributed by atoms with Gasteiger partial charge in [-0.05, 0) is 37.9 Å². The number of nitrogens with zero attached hydrogens (tertiary/aromatic N) is 1. The first kappa shape index (κ1) is 15.0. The molecule has 0 saturated carbocycles. The highest BCUT2D eigenvalue weighted by atomic mass is 16.5. The third kappa shape index (κ3) is 3.37. The maximum absolute atomic E-state index is 5.38. The lowest BCUT2D eigenvalue weighted by atomic mass is 10.0. The minimum Gasteiger partial charge on any atom is -0.493 e. The normalized spacial score (nSPS) is 17.0. The number of likely N-dealkylation sites (tertiary alicyclic amines) is 1. The number of hydrogen-bond donors (Lipinski definition) is 1. The van der Waals surface area contributed by atoms with Gasteiger partial charge in [0.05, 0.1) is 14.2 Å². The van der Waals surface area contributed by atoms with Crippen LogP contribution >= 0.6 is 0 Å². The van der Waals surface area contributed by atoms with Gasteiger partial charge in [-0.2, -0.15) is 0 Å². The van der Waals surface area contributed by atoms with E-state index in [4.69, 9.17) is 9.47 Å². The highest BCUT2D eigenvalue weighted by Crippen LogP contribution is 2.33. The minimum atomic E-state index is 0.551. The number of piperidine rings is 1. The first-order valence-electron chi connectivity index (χ1n) is 7.39. The lowest BCUT2D eigenvalue weighted by Gasteiger charge is -2.32. The monoisotopic (exact) mass is 278 g/mol. The first-order chi connectivity index (χ1) is 9.67. The number of ether oxygens (including phenoxy) is 2. The molecule has 1 aliphatic rings. The summed E-state index contributed by atoms with van der Waals surface area (Å²) >= 11 is 0. The average Bonchev–Trinajstić information content (AvgIpc) is 2.49. The Hall–Kier alpha value is -1.42. The summed E-state index contributed by atoms with van der Waals surface area (Å²) in [5, 5.41) is 3.66. The summed E-state index contributed by atoms with van der Waals surface area (Å²) in [5.41, 5.74) is 2.35. The zero-order chi connectivity index (χ0) is 14.5. The van der Waals surface area contributed by atoms with E-state index in [1.807, 2.05) is 12.1 Å². The van der Waals surface area contributed by atoms with Gasteiger partial charge in [0.15, 0.2) is 11.5 Å². The Bertz CT molecular complexity index is 440. The molecular weight excluding hydrogens is 252 g/mol. The fourth-order valence-electron chi connectivity index (χ4n) is 2.75. The molecule has 0 bridgehead atoms. The van der Waals surface area contributed by atoms with E-state index < -0.39 is 0 Å². The van der Waals surface area contributed by atoms with E-state index in [0.29, 0.717) is 6.04 Å². The van der Waals surface area contributed by atoms with Crippen molar-refractivity contribution in [1.82, 2.24) is 4.90 Å². The molecule has 1 heterocycles. The second-order valence-electron chi connectivity index (χ2n) is 5.37. The van der Waals surface area contributed by atoms with E-state index >= 15 is 0 Å². The van der Waals surface area contributed by atoms with Crippen LogP contribution in [-0.4, -0.2) is 44.8 Å². The summed E-state index contributed by atoms with van der Waals surface area (Å²) in [6.07, 6.45) is 2.39. The van der Waals surface area contributed by atoms with Crippen molar-refractivity contribution in [2.45, 2.75) is 32.7 Å². The van der Waals surface area contributed by atoms with Crippen LogP contribution in [0.1, 0.15) is 25.3 Å². The van der Waals surface area contributed by atoms with Gasteiger partial charge in [0.1, 0.15) is 0 Å². The van der Waals surface area contributed by atoms with Gasteiger partial charge in [-0.25, -0.2) is 0 Å². The molecule has 1 aliphatic heterocycles. The van der Waals surface area contributed by atoms with Gasteiger partial charge < -0.3 is 19.7 Å². The van der Waals surface area contributed by atoms with Crippen molar-refractivity contribution in [3.63, 3.8) is 0 Å². The molecule has 20 heavy (non-hydrogen) atoms. The van der Waals surface area contributed by atoms with Crippen molar-refractivity contribution in [2.75, 3.05) is 39.2 Å². The topological polar surface area (TPSA) is 33.7 Å². The quantitative estimate of drug-likeness (QED) is 0.898. The zero-order valence-electron chi connectivity index (χ0n) is 13.0. The second kappa shape index (κ2) is 6.84. The molecule has 1 aromatic rings. The summed E-state index contributed by atoms with van der Waals surface area (Å²) in [6, 6.07) is 4.62. The van der Waals surface area contributed by atoms with Crippen molar-refractivity contribution < 1.29 is 9.47 Å². The maximum Gasteiger partial charge on any atom is 0.162 e. The smallest absolute Gasteiger partial charge is 0.162 e. The van der Waals surface area contributed by atoms with Crippen LogP contribution < -0.4 is 14.8 Å². The van der Waals surface area contributed by atoms with Gasteiger partial charge in [0.2, 0.25) is 0 Å². The van der Waals surface area contributed by atoms with Crippen molar-refractivity contribution in [1.29, 1.82) is 0 Å². The number of methoxy groups -OCH3 is 2. The lowest BCUT2D eigenvalue weighted by Crippen LogP contribution is -2.38. The molecule has 112 valence electrons. The summed E-state index contributed by atoms with van der Waals surface area (Å²) in [4.78, 5) is 2.50. The van der Waals surface area contributed by atoms with Crippen molar-refractivity contribution in [2.24, 2.45) is 0 Å². The molecule has 4 nitrogen and oxygen atoms in total. The number of hydrogen-bond acceptors (Lipinski definition) is 4. The zero-order valence-corrected chi connectivity index (χ0v) is 13.0. The molecule has 0 spiro atoms. The second-order valence-corrected chi connectivity index (χ2v) is 5.37. The van der Waals surface area contributed by atoms with Crippen LogP contribution in [0.3, 0.4) is 0 Å². The molecule has 1 saturated heterocycles. The number of benzene rings is 1. The molecule has 0 aliphatic carbocycles. The fraction of sp³-hybridized carbons (Fsp3) is 0.625. The molecule has 0 unspecified atom stereocenters. The van der Waals surface area contributed by atoms with E-state index in [2.05, 4.69) is 24.1 Å². The van der Waals surface area contributed by atoms with Gasteiger partial charge in [0.25, 0.3) is 0 Å². The first-order valence-corrected chi connectivity index (χ1v) is 7.39. The third-order valence-corrected chi connectivity index (χ3v) is 4.12. The molecule has 2 rings (SSSR count). The van der Waals surface area contributed by atoms with Gasteiger partial charge in [0, 0.05) is 30.9 Å². The van der Waals surface area contributed by atoms with Crippen LogP contribution in [0.15, 0.2) is 12.1 Å². The van der Waals surface area contributed by atoms with Gasteiger partial charge in [-0.3, -0.25) is 0 Å². The number of anilines is 1. The van der Waals surface area contributed by atoms with Crippen LogP contribution in [0.5, 0.6) is 11.5 Å². The maximum atomic E-state index is 5.38. The summed E-state index contributed by atoms with van der Waals surface area (Å²) in [5.74, 6) is 1.57. The van der Waals surface area contributed by atoms with Crippen LogP contribution in [0.4, 0.5) is 5.69 Å². The van der Waals surface area contributed by atoms with E-state index in [1.54, 1.807) is 14.2 Å². The molecule has 1 fully saturated rings. The highest BCUT2D eigenvalue weighted by molar-refractivity contribution is 5.60. The molecule has 0 atom stereocenters. The lowest BCUT2D eigenvalue weighted by molar-refractivity contribution is 0.229. The van der Waals surface area contributed by atoms with E-state index in [1.165, 1.54) is 31.5 Å². The molecule has 1 N–H and O–H groups in total.